The van der Waals surface area contributed by atoms with E-state index in [2.05, 4.69) is 10.3 Å². The van der Waals surface area contributed by atoms with Gasteiger partial charge in [-0.3, -0.25) is 9.59 Å². The van der Waals surface area contributed by atoms with Gasteiger partial charge in [-0.05, 0) is 30.3 Å². The molecule has 2 aromatic carbocycles. The molecular weight excluding hydrogens is 418 g/mol. The van der Waals surface area contributed by atoms with Crippen molar-refractivity contribution in [3.8, 4) is 5.75 Å². The fourth-order valence-electron chi connectivity index (χ4n) is 2.38. The predicted octanol–water partition coefficient (Wildman–Crippen LogP) is 4.15. The van der Waals surface area contributed by atoms with Crippen LogP contribution in [0.2, 0.25) is 5.02 Å². The minimum Gasteiger partial charge on any atom is -0.497 e. The third-order valence-electron chi connectivity index (χ3n) is 3.81. The summed E-state index contributed by atoms with van der Waals surface area (Å²) >= 11 is 8.83. The fourth-order valence-corrected chi connectivity index (χ4v) is 4.54. The van der Waals surface area contributed by atoms with Crippen molar-refractivity contribution in [3.05, 3.63) is 47.5 Å². The number of methoxy groups -OCH3 is 1. The lowest BCUT2D eigenvalue weighted by Gasteiger charge is -2.16. The number of hydrogen-bond acceptors (Lipinski definition) is 6. The first-order chi connectivity index (χ1) is 13.4. The van der Waals surface area contributed by atoms with E-state index in [1.165, 1.54) is 28.0 Å². The number of ether oxygens (including phenoxy) is 1. The molecule has 0 bridgehead atoms. The van der Waals surface area contributed by atoms with Gasteiger partial charge in [0.1, 0.15) is 5.75 Å². The number of likely N-dealkylation sites (N-methyl/N-ethyl adjacent to an activating group) is 1. The number of fused-ring (bicyclic) bond motifs is 1. The lowest BCUT2D eigenvalue weighted by molar-refractivity contribution is -0.131. The Balaban J connectivity index is 1.51. The van der Waals surface area contributed by atoms with Crippen LogP contribution in [0.5, 0.6) is 5.75 Å². The topological polar surface area (TPSA) is 71.5 Å². The van der Waals surface area contributed by atoms with Gasteiger partial charge in [0.05, 0.1) is 29.6 Å². The highest BCUT2D eigenvalue weighted by Crippen LogP contribution is 2.31. The molecule has 3 aromatic rings. The maximum absolute atomic E-state index is 12.3. The van der Waals surface area contributed by atoms with E-state index in [1.807, 2.05) is 12.1 Å². The van der Waals surface area contributed by atoms with Gasteiger partial charge >= 0.3 is 0 Å². The summed E-state index contributed by atoms with van der Waals surface area (Å²) in [6.07, 6.45) is 0. The maximum atomic E-state index is 12.3. The van der Waals surface area contributed by atoms with Crippen LogP contribution in [0.15, 0.2) is 46.8 Å². The Kier molecular flexibility index (Phi) is 6.77. The normalized spacial score (nSPS) is 10.7. The zero-order valence-corrected chi connectivity index (χ0v) is 17.7. The average molecular weight is 436 g/mol. The molecule has 0 saturated carbocycles. The fraction of sp³-hybridized carbons (Fsp3) is 0.211. The van der Waals surface area contributed by atoms with Crippen LogP contribution in [0.4, 0.5) is 5.69 Å². The number of nitrogens with zero attached hydrogens (tertiary/aromatic N) is 2. The number of anilines is 1. The van der Waals surface area contributed by atoms with Gasteiger partial charge in [0.15, 0.2) is 4.34 Å². The van der Waals surface area contributed by atoms with Gasteiger partial charge < -0.3 is 15.0 Å². The molecule has 0 aliphatic heterocycles. The smallest absolute Gasteiger partial charge is 0.243 e. The summed E-state index contributed by atoms with van der Waals surface area (Å²) in [6.45, 7) is -0.0357. The second kappa shape index (κ2) is 9.27. The molecule has 0 aliphatic carbocycles. The minimum atomic E-state index is -0.274. The maximum Gasteiger partial charge on any atom is 0.243 e. The van der Waals surface area contributed by atoms with Gasteiger partial charge in [-0.2, -0.15) is 0 Å². The molecule has 3 rings (SSSR count). The molecular formula is C19H18ClN3O3S2. The van der Waals surface area contributed by atoms with E-state index in [1.54, 1.807) is 44.5 Å². The van der Waals surface area contributed by atoms with Gasteiger partial charge in [-0.15, -0.1) is 11.3 Å². The van der Waals surface area contributed by atoms with E-state index in [4.69, 9.17) is 16.3 Å². The molecule has 0 aliphatic rings. The van der Waals surface area contributed by atoms with E-state index in [0.717, 1.165) is 14.6 Å². The van der Waals surface area contributed by atoms with Gasteiger partial charge in [0.2, 0.25) is 11.8 Å². The summed E-state index contributed by atoms with van der Waals surface area (Å²) < 4.78 is 6.94. The number of amides is 2. The molecule has 1 N–H and O–H groups in total. The van der Waals surface area contributed by atoms with Gasteiger partial charge in [0, 0.05) is 23.8 Å². The summed E-state index contributed by atoms with van der Waals surface area (Å²) in [7, 11) is 3.16. The zero-order valence-electron chi connectivity index (χ0n) is 15.3. The van der Waals surface area contributed by atoms with Crippen LogP contribution in [-0.4, -0.2) is 48.2 Å². The largest absolute Gasteiger partial charge is 0.497 e. The van der Waals surface area contributed by atoms with Crippen LogP contribution in [0.3, 0.4) is 0 Å². The van der Waals surface area contributed by atoms with Crippen molar-refractivity contribution in [1.82, 2.24) is 9.88 Å². The first-order valence-electron chi connectivity index (χ1n) is 8.31. The number of rotatable bonds is 7. The summed E-state index contributed by atoms with van der Waals surface area (Å²) in [5, 5.41) is 3.39. The number of carbonyl (C=O) groups is 2. The van der Waals surface area contributed by atoms with Crippen molar-refractivity contribution in [2.75, 3.05) is 31.8 Å². The average Bonchev–Trinajstić information content (AvgIpc) is 3.08. The Morgan fingerprint density at radius 3 is 2.89 bits per heavy atom. The summed E-state index contributed by atoms with van der Waals surface area (Å²) in [5.41, 5.74) is 1.44. The molecule has 0 spiro atoms. The van der Waals surface area contributed by atoms with Gasteiger partial charge in [-0.1, -0.05) is 29.4 Å². The minimum absolute atomic E-state index is 0.0357. The molecule has 28 heavy (non-hydrogen) atoms. The van der Waals surface area contributed by atoms with Crippen LogP contribution in [0.25, 0.3) is 10.2 Å². The van der Waals surface area contributed by atoms with Crippen molar-refractivity contribution in [2.45, 2.75) is 4.34 Å². The Morgan fingerprint density at radius 1 is 1.29 bits per heavy atom. The molecule has 0 atom stereocenters. The Hall–Kier alpha value is -2.29. The van der Waals surface area contributed by atoms with Gasteiger partial charge in [0.25, 0.3) is 0 Å². The third kappa shape index (κ3) is 5.37. The van der Waals surface area contributed by atoms with Crippen LogP contribution in [0.1, 0.15) is 0 Å². The predicted molar refractivity (Wildman–Crippen MR) is 115 cm³/mol. The van der Waals surface area contributed by atoms with E-state index in [-0.39, 0.29) is 24.1 Å². The Labute approximate surface area is 175 Å². The number of thioether (sulfide) groups is 1. The van der Waals surface area contributed by atoms with Crippen LogP contribution >= 0.6 is 34.7 Å². The Morgan fingerprint density at radius 2 is 2.11 bits per heavy atom. The first-order valence-corrected chi connectivity index (χ1v) is 10.5. The van der Waals surface area contributed by atoms with Crippen molar-refractivity contribution in [2.24, 2.45) is 0 Å². The van der Waals surface area contributed by atoms with E-state index < -0.39 is 0 Å². The summed E-state index contributed by atoms with van der Waals surface area (Å²) in [4.78, 5) is 30.4. The quantitative estimate of drug-likeness (QED) is 0.564. The van der Waals surface area contributed by atoms with E-state index >= 15 is 0 Å². The third-order valence-corrected chi connectivity index (χ3v) is 6.21. The molecule has 9 heteroatoms. The van der Waals surface area contributed by atoms with Gasteiger partial charge in [-0.25, -0.2) is 4.98 Å². The van der Waals surface area contributed by atoms with Crippen molar-refractivity contribution in [3.63, 3.8) is 0 Å². The molecule has 0 saturated heterocycles. The molecule has 2 amide bonds. The molecule has 0 fully saturated rings. The second-order valence-corrected chi connectivity index (χ2v) is 8.60. The van der Waals surface area contributed by atoms with Crippen molar-refractivity contribution < 1.29 is 14.3 Å². The number of thiazole rings is 1. The highest BCUT2D eigenvalue weighted by Gasteiger charge is 2.15. The lowest BCUT2D eigenvalue weighted by Crippen LogP contribution is -2.35. The highest BCUT2D eigenvalue weighted by atomic mass is 35.5. The SMILES string of the molecule is COc1cccc(NC(=O)CN(C)C(=O)CSc2nc3cc(Cl)ccc3s2)c1. The number of benzene rings is 2. The molecule has 1 heterocycles. The molecule has 0 radical (unpaired) electrons. The van der Waals surface area contributed by atoms with Crippen molar-refractivity contribution >= 4 is 62.4 Å². The number of nitrogens with one attached hydrogen (secondary N) is 1. The first kappa shape index (κ1) is 20.4. The lowest BCUT2D eigenvalue weighted by atomic mass is 10.3. The Bertz CT molecular complexity index is 1010. The molecule has 6 nitrogen and oxygen atoms in total. The summed E-state index contributed by atoms with van der Waals surface area (Å²) in [6, 6.07) is 12.6. The summed E-state index contributed by atoms with van der Waals surface area (Å²) in [5.74, 6) is 0.429. The molecule has 146 valence electrons. The molecule has 0 unspecified atom stereocenters. The monoisotopic (exact) mass is 435 g/mol. The number of carbonyl (C=O) groups excluding carboxylic acids is 2. The van der Waals surface area contributed by atoms with E-state index in [9.17, 15) is 9.59 Å². The second-order valence-electron chi connectivity index (χ2n) is 5.91. The zero-order chi connectivity index (χ0) is 20.1. The molecule has 1 aromatic heterocycles. The van der Waals surface area contributed by atoms with Crippen molar-refractivity contribution in [1.29, 1.82) is 0 Å². The highest BCUT2D eigenvalue weighted by molar-refractivity contribution is 8.01. The number of aromatic nitrogens is 1. The van der Waals surface area contributed by atoms with E-state index in [0.29, 0.717) is 16.5 Å². The number of halogens is 1. The van der Waals surface area contributed by atoms with Crippen LogP contribution in [-0.2, 0) is 9.59 Å². The standard InChI is InChI=1S/C19H18ClN3O3S2/c1-23(10-17(24)21-13-4-3-5-14(9-13)26-2)18(25)11-27-19-22-15-8-12(20)6-7-16(15)28-19/h3-9H,10-11H2,1-2H3,(H,21,24). The number of hydrogen-bond donors (Lipinski definition) is 1. The van der Waals surface area contributed by atoms with Crippen LogP contribution in [0, 0.1) is 0 Å². The van der Waals surface area contributed by atoms with Crippen LogP contribution < -0.4 is 10.1 Å².